The number of aromatic nitrogens is 1. The fourth-order valence-electron chi connectivity index (χ4n) is 4.98. The van der Waals surface area contributed by atoms with E-state index in [-0.39, 0.29) is 55.5 Å². The van der Waals surface area contributed by atoms with Crippen molar-refractivity contribution in [1.29, 1.82) is 0 Å². The van der Waals surface area contributed by atoms with Gasteiger partial charge >= 0.3 is 0 Å². The van der Waals surface area contributed by atoms with E-state index < -0.39 is 59.5 Å². The summed E-state index contributed by atoms with van der Waals surface area (Å²) in [5.41, 5.74) is 22.4. The molecule has 0 aliphatic rings. The van der Waals surface area contributed by atoms with Crippen molar-refractivity contribution in [3.63, 3.8) is 0 Å². The highest BCUT2D eigenvalue weighted by Gasteiger charge is 2.32. The summed E-state index contributed by atoms with van der Waals surface area (Å²) in [7, 11) is 0. The topological polar surface area (TPSA) is 280 Å². The zero-order valence-corrected chi connectivity index (χ0v) is 29.1. The fraction of sp³-hybridized carbons (Fsp3) is 0.562. The summed E-state index contributed by atoms with van der Waals surface area (Å²) < 4.78 is 0.811. The number of ketones is 1. The first kappa shape index (κ1) is 40.5. The predicted molar refractivity (Wildman–Crippen MR) is 188 cm³/mol. The Hall–Kier alpha value is -4.64. The molecule has 0 aliphatic carbocycles. The van der Waals surface area contributed by atoms with Crippen molar-refractivity contribution in [2.24, 2.45) is 33.8 Å². The van der Waals surface area contributed by atoms with Crippen LogP contribution >= 0.6 is 11.3 Å². The summed E-state index contributed by atoms with van der Waals surface area (Å²) in [5, 5.41) is 10.9. The zero-order valence-electron chi connectivity index (χ0n) is 28.3. The van der Waals surface area contributed by atoms with E-state index in [2.05, 4.69) is 31.2 Å². The van der Waals surface area contributed by atoms with Gasteiger partial charge in [-0.25, -0.2) is 4.98 Å². The van der Waals surface area contributed by atoms with Gasteiger partial charge in [-0.05, 0) is 69.5 Å². The van der Waals surface area contributed by atoms with Crippen LogP contribution in [-0.4, -0.2) is 83.5 Å². The lowest BCUT2D eigenvalue weighted by molar-refractivity contribution is -0.134. The first-order valence-electron chi connectivity index (χ1n) is 16.3. The van der Waals surface area contributed by atoms with Crippen LogP contribution in [0.1, 0.15) is 81.9 Å². The minimum atomic E-state index is -1.26. The monoisotopic (exact) mass is 702 g/mol. The summed E-state index contributed by atoms with van der Waals surface area (Å²) in [4.78, 5) is 86.2. The maximum atomic E-state index is 13.8. The molecule has 12 N–H and O–H groups in total. The van der Waals surface area contributed by atoms with E-state index in [1.807, 2.05) is 32.0 Å². The lowest BCUT2D eigenvalue weighted by Crippen LogP contribution is -2.58. The standard InChI is InChI=1S/C32H50N10O6S/c1-18(2)17-24(41-29(47)23(13-14-26(34)44)40-28(46)22(38-19(3)43)10-6-7-15-33)30(48)39-21(11-8-16-37-32(35)36)27(45)31-42-20-9-4-5-12-25(20)49-31/h4-5,9,12,18,21-24H,6-8,10-11,13-17,33H2,1-3H3,(H2,34,44)(H,38,43)(H,39,48)(H,40,46)(H,41,47)(H4,35,36,37)/t21-,22-,23-,24-/m0/s1. The van der Waals surface area contributed by atoms with Gasteiger partial charge in [-0.15, -0.1) is 11.3 Å². The van der Waals surface area contributed by atoms with Gasteiger partial charge in [0, 0.05) is 19.9 Å². The average Bonchev–Trinajstić information content (AvgIpc) is 3.47. The predicted octanol–water partition coefficient (Wildman–Crippen LogP) is -0.0677. The Balaban J connectivity index is 2.30. The van der Waals surface area contributed by atoms with Crippen molar-refractivity contribution >= 4 is 62.8 Å². The molecule has 1 heterocycles. The van der Waals surface area contributed by atoms with Crippen LogP contribution in [0.4, 0.5) is 0 Å². The molecule has 0 unspecified atom stereocenters. The number of primary amides is 1. The van der Waals surface area contributed by atoms with Crippen LogP contribution in [0.3, 0.4) is 0 Å². The number of guanidine groups is 1. The molecule has 5 amide bonds. The fourth-order valence-corrected chi connectivity index (χ4v) is 5.94. The number of carbonyl (C=O) groups excluding carboxylic acids is 6. The van der Waals surface area contributed by atoms with Crippen LogP contribution in [0, 0.1) is 5.92 Å². The summed E-state index contributed by atoms with van der Waals surface area (Å²) in [6.45, 7) is 5.61. The maximum absolute atomic E-state index is 13.8. The number of nitrogens with one attached hydrogen (secondary N) is 4. The molecular formula is C32H50N10O6S. The van der Waals surface area contributed by atoms with Gasteiger partial charge in [0.05, 0.1) is 16.3 Å². The molecule has 0 saturated heterocycles. The molecule has 4 atom stereocenters. The molecule has 1 aromatic heterocycles. The summed E-state index contributed by atoms with van der Waals surface area (Å²) >= 11 is 1.20. The lowest BCUT2D eigenvalue weighted by atomic mass is 10.00. The summed E-state index contributed by atoms with van der Waals surface area (Å²) in [5.74, 6) is -3.70. The number of fused-ring (bicyclic) bond motifs is 1. The number of thiazole rings is 1. The number of para-hydroxylation sites is 1. The van der Waals surface area contributed by atoms with E-state index in [0.717, 1.165) is 4.70 Å². The van der Waals surface area contributed by atoms with Crippen molar-refractivity contribution < 1.29 is 28.8 Å². The van der Waals surface area contributed by atoms with E-state index in [9.17, 15) is 28.8 Å². The molecule has 49 heavy (non-hydrogen) atoms. The number of benzene rings is 1. The van der Waals surface area contributed by atoms with Crippen molar-refractivity contribution in [2.45, 2.75) is 96.3 Å². The molecule has 270 valence electrons. The summed E-state index contributed by atoms with van der Waals surface area (Å²) in [6, 6.07) is 2.95. The maximum Gasteiger partial charge on any atom is 0.243 e. The number of rotatable bonds is 22. The second-order valence-electron chi connectivity index (χ2n) is 12.2. The Bertz CT molecular complexity index is 1440. The van der Waals surface area contributed by atoms with Gasteiger partial charge < -0.3 is 44.2 Å². The van der Waals surface area contributed by atoms with Crippen molar-refractivity contribution in [3.8, 4) is 0 Å². The van der Waals surface area contributed by atoms with Gasteiger partial charge in [0.25, 0.3) is 0 Å². The van der Waals surface area contributed by atoms with Gasteiger partial charge in [0.1, 0.15) is 18.1 Å². The highest BCUT2D eigenvalue weighted by atomic mass is 32.1. The molecule has 16 nitrogen and oxygen atoms in total. The van der Waals surface area contributed by atoms with Gasteiger partial charge in [-0.2, -0.15) is 0 Å². The van der Waals surface area contributed by atoms with Gasteiger partial charge in [-0.3, -0.25) is 33.8 Å². The largest absolute Gasteiger partial charge is 0.370 e. The van der Waals surface area contributed by atoms with Crippen LogP contribution in [0.25, 0.3) is 10.2 Å². The number of carbonyl (C=O) groups is 6. The minimum absolute atomic E-state index is 0.0679. The van der Waals surface area contributed by atoms with Gasteiger partial charge in [0.2, 0.25) is 35.3 Å². The zero-order chi connectivity index (χ0) is 36.5. The second-order valence-corrected chi connectivity index (χ2v) is 13.2. The molecule has 0 fully saturated rings. The van der Waals surface area contributed by atoms with E-state index in [4.69, 9.17) is 22.9 Å². The number of amides is 5. The van der Waals surface area contributed by atoms with E-state index in [1.54, 1.807) is 6.07 Å². The molecule has 0 spiro atoms. The van der Waals surface area contributed by atoms with E-state index >= 15 is 0 Å². The number of aliphatic imine (C=N–C) groups is 1. The first-order valence-corrected chi connectivity index (χ1v) is 17.1. The second kappa shape index (κ2) is 20.7. The highest BCUT2D eigenvalue weighted by Crippen LogP contribution is 2.23. The van der Waals surface area contributed by atoms with Crippen molar-refractivity contribution in [3.05, 3.63) is 29.3 Å². The molecule has 2 rings (SSSR count). The molecule has 0 bridgehead atoms. The van der Waals surface area contributed by atoms with E-state index in [1.165, 1.54) is 18.3 Å². The number of nitrogens with two attached hydrogens (primary N) is 4. The SMILES string of the molecule is CC(=O)N[C@@H](CCCCN)C(=O)N[C@@H](CCC(N)=O)C(=O)N[C@@H](CC(C)C)C(=O)N[C@@H](CCCN=C(N)N)C(=O)c1nc2ccccc2s1. The number of Topliss-reactive ketones (excluding diaryl/α,β-unsaturated/α-hetero) is 1. The van der Waals surface area contributed by atoms with Crippen LogP contribution in [0.15, 0.2) is 29.3 Å². The number of hydrogen-bond acceptors (Lipinski definition) is 10. The normalized spacial score (nSPS) is 13.5. The smallest absolute Gasteiger partial charge is 0.243 e. The van der Waals surface area contributed by atoms with Crippen LogP contribution < -0.4 is 44.2 Å². The van der Waals surface area contributed by atoms with Gasteiger partial charge in [0.15, 0.2) is 11.0 Å². The van der Waals surface area contributed by atoms with E-state index in [0.29, 0.717) is 31.3 Å². The molecule has 1 aromatic carbocycles. The third kappa shape index (κ3) is 14.6. The number of nitrogens with zero attached hydrogens (tertiary/aromatic N) is 2. The molecule has 0 radical (unpaired) electrons. The highest BCUT2D eigenvalue weighted by molar-refractivity contribution is 7.20. The molecule has 2 aromatic rings. The van der Waals surface area contributed by atoms with Crippen LogP contribution in [-0.2, 0) is 24.0 Å². The molecule has 17 heteroatoms. The Labute approximate surface area is 290 Å². The number of hydrogen-bond donors (Lipinski definition) is 8. The van der Waals surface area contributed by atoms with Crippen LogP contribution in [0.2, 0.25) is 0 Å². The van der Waals surface area contributed by atoms with Crippen LogP contribution in [0.5, 0.6) is 0 Å². The Morgan fingerprint density at radius 2 is 1.39 bits per heavy atom. The summed E-state index contributed by atoms with van der Waals surface area (Å²) in [6.07, 6.45) is 1.81. The van der Waals surface area contributed by atoms with Crippen molar-refractivity contribution in [1.82, 2.24) is 26.3 Å². The first-order chi connectivity index (χ1) is 23.2. The molecular weight excluding hydrogens is 652 g/mol. The Kier molecular flexibility index (Phi) is 17.1. The minimum Gasteiger partial charge on any atom is -0.370 e. The number of unbranched alkanes of at least 4 members (excludes halogenated alkanes) is 1. The molecule has 0 saturated carbocycles. The Morgan fingerprint density at radius 3 is 1.98 bits per heavy atom. The Morgan fingerprint density at radius 1 is 0.796 bits per heavy atom. The lowest BCUT2D eigenvalue weighted by Gasteiger charge is -2.27. The third-order valence-corrected chi connectivity index (χ3v) is 8.43. The third-order valence-electron chi connectivity index (χ3n) is 7.38. The van der Waals surface area contributed by atoms with Crippen molar-refractivity contribution in [2.75, 3.05) is 13.1 Å². The molecule has 0 aliphatic heterocycles. The van der Waals surface area contributed by atoms with Gasteiger partial charge in [-0.1, -0.05) is 26.0 Å². The quantitative estimate of drug-likeness (QED) is 0.0350. The average molecular weight is 703 g/mol.